The second-order valence-electron chi connectivity index (χ2n) is 7.09. The molecule has 184 valence electrons. The van der Waals surface area contributed by atoms with Gasteiger partial charge in [0, 0.05) is 10.8 Å². The van der Waals surface area contributed by atoms with Crippen LogP contribution in [0.4, 0.5) is 18.9 Å². The number of thiophene rings is 1. The minimum atomic E-state index is -4.67. The molecule has 0 radical (unpaired) electrons. The van der Waals surface area contributed by atoms with Crippen LogP contribution in [0.1, 0.15) is 5.56 Å². The van der Waals surface area contributed by atoms with Gasteiger partial charge in [-0.1, -0.05) is 46.1 Å². The Balaban J connectivity index is 1.59. The van der Waals surface area contributed by atoms with Gasteiger partial charge in [0.2, 0.25) is 0 Å². The molecule has 1 heterocycles. The number of sulfonamides is 1. The SMILES string of the molecule is COc1ccc2cc(Oc3c(Cl)cc(NS(=O)(=O)c4ccc(C(F)(F)F)cc4Cl)cc3Cl)sc2c1. The first-order valence-corrected chi connectivity index (χ1v) is 12.9. The first kappa shape index (κ1) is 25.7. The van der Waals surface area contributed by atoms with Crippen molar-refractivity contribution in [2.45, 2.75) is 11.1 Å². The van der Waals surface area contributed by atoms with E-state index >= 15 is 0 Å². The maximum Gasteiger partial charge on any atom is 0.416 e. The Morgan fingerprint density at radius 3 is 2.20 bits per heavy atom. The first-order chi connectivity index (χ1) is 16.4. The molecule has 0 amide bonds. The lowest BCUT2D eigenvalue weighted by atomic mass is 10.2. The van der Waals surface area contributed by atoms with Crippen LogP contribution in [0.15, 0.2) is 59.5 Å². The molecule has 0 aliphatic rings. The van der Waals surface area contributed by atoms with Crippen molar-refractivity contribution >= 4 is 71.9 Å². The van der Waals surface area contributed by atoms with Crippen molar-refractivity contribution in [3.63, 3.8) is 0 Å². The van der Waals surface area contributed by atoms with Crippen molar-refractivity contribution in [2.75, 3.05) is 11.8 Å². The fraction of sp³-hybridized carbons (Fsp3) is 0.0909. The number of ether oxygens (including phenoxy) is 2. The van der Waals surface area contributed by atoms with Gasteiger partial charge in [-0.15, -0.1) is 0 Å². The van der Waals surface area contributed by atoms with Crippen LogP contribution >= 0.6 is 46.1 Å². The van der Waals surface area contributed by atoms with Crippen molar-refractivity contribution in [2.24, 2.45) is 0 Å². The molecular weight excluding hydrogens is 570 g/mol. The van der Waals surface area contributed by atoms with Gasteiger partial charge in [-0.3, -0.25) is 4.72 Å². The van der Waals surface area contributed by atoms with Crippen molar-refractivity contribution in [3.05, 3.63) is 75.2 Å². The molecule has 0 bridgehead atoms. The third kappa shape index (κ3) is 5.57. The van der Waals surface area contributed by atoms with Crippen molar-refractivity contribution < 1.29 is 31.1 Å². The summed E-state index contributed by atoms with van der Waals surface area (Å²) in [5.74, 6) is 0.786. The zero-order valence-corrected chi connectivity index (χ0v) is 21.3. The number of methoxy groups -OCH3 is 1. The predicted octanol–water partition coefficient (Wildman–Crippen LogP) is 8.48. The minimum absolute atomic E-state index is 0.00347. The van der Waals surface area contributed by atoms with E-state index in [0.29, 0.717) is 22.9 Å². The molecule has 0 spiro atoms. The number of nitrogens with one attached hydrogen (secondary N) is 1. The molecule has 0 aliphatic heterocycles. The van der Waals surface area contributed by atoms with Gasteiger partial charge in [-0.25, -0.2) is 8.42 Å². The quantitative estimate of drug-likeness (QED) is 0.248. The largest absolute Gasteiger partial charge is 0.497 e. The maximum absolute atomic E-state index is 12.9. The molecule has 0 fully saturated rings. The van der Waals surface area contributed by atoms with Gasteiger partial charge in [0.25, 0.3) is 10.0 Å². The summed E-state index contributed by atoms with van der Waals surface area (Å²) in [4.78, 5) is -0.541. The summed E-state index contributed by atoms with van der Waals surface area (Å²) in [6, 6.07) is 11.8. The van der Waals surface area contributed by atoms with Gasteiger partial charge >= 0.3 is 6.18 Å². The highest BCUT2D eigenvalue weighted by Gasteiger charge is 2.32. The Labute approximate surface area is 217 Å². The van der Waals surface area contributed by atoms with Crippen LogP contribution in [0.5, 0.6) is 16.6 Å². The van der Waals surface area contributed by atoms with E-state index in [0.717, 1.165) is 16.2 Å². The summed E-state index contributed by atoms with van der Waals surface area (Å²) < 4.78 is 78.2. The number of hydrogen-bond acceptors (Lipinski definition) is 5. The number of benzene rings is 3. The van der Waals surface area contributed by atoms with E-state index in [9.17, 15) is 21.6 Å². The highest BCUT2D eigenvalue weighted by atomic mass is 35.5. The van der Waals surface area contributed by atoms with E-state index in [1.165, 1.54) is 23.5 Å². The van der Waals surface area contributed by atoms with Crippen LogP contribution in [0.25, 0.3) is 10.1 Å². The normalized spacial score (nSPS) is 12.1. The second-order valence-corrected chi connectivity index (χ2v) is 11.0. The molecule has 0 saturated carbocycles. The Morgan fingerprint density at radius 2 is 1.60 bits per heavy atom. The van der Waals surface area contributed by atoms with Crippen LogP contribution in [0.3, 0.4) is 0 Å². The number of alkyl halides is 3. The van der Waals surface area contributed by atoms with Crippen LogP contribution in [-0.2, 0) is 16.2 Å². The molecule has 0 atom stereocenters. The van der Waals surface area contributed by atoms with E-state index in [1.54, 1.807) is 13.2 Å². The summed E-state index contributed by atoms with van der Waals surface area (Å²) in [5, 5.41) is 0.816. The Kier molecular flexibility index (Phi) is 7.05. The van der Waals surface area contributed by atoms with E-state index in [-0.39, 0.29) is 21.5 Å². The highest BCUT2D eigenvalue weighted by Crippen LogP contribution is 2.43. The molecule has 13 heteroatoms. The van der Waals surface area contributed by atoms with Gasteiger partial charge in [0.05, 0.1) is 33.4 Å². The van der Waals surface area contributed by atoms with Crippen LogP contribution in [-0.4, -0.2) is 15.5 Å². The van der Waals surface area contributed by atoms with Gasteiger partial charge in [0.1, 0.15) is 10.6 Å². The molecule has 5 nitrogen and oxygen atoms in total. The lowest BCUT2D eigenvalue weighted by Crippen LogP contribution is -2.14. The van der Waals surface area contributed by atoms with E-state index < -0.39 is 31.7 Å². The monoisotopic (exact) mass is 581 g/mol. The second kappa shape index (κ2) is 9.59. The lowest BCUT2D eigenvalue weighted by molar-refractivity contribution is -0.137. The van der Waals surface area contributed by atoms with Crippen LogP contribution in [0, 0.1) is 0 Å². The predicted molar refractivity (Wildman–Crippen MR) is 132 cm³/mol. The van der Waals surface area contributed by atoms with Gasteiger partial charge in [-0.2, -0.15) is 13.2 Å². The van der Waals surface area contributed by atoms with Crippen LogP contribution in [0.2, 0.25) is 15.1 Å². The number of rotatable bonds is 6. The number of hydrogen-bond donors (Lipinski definition) is 1. The van der Waals surface area contributed by atoms with E-state index in [4.69, 9.17) is 44.3 Å². The summed E-state index contributed by atoms with van der Waals surface area (Å²) in [5.41, 5.74) is -1.11. The summed E-state index contributed by atoms with van der Waals surface area (Å²) in [6.07, 6.45) is -4.67. The lowest BCUT2D eigenvalue weighted by Gasteiger charge is -2.14. The van der Waals surface area contributed by atoms with Gasteiger partial charge in [0.15, 0.2) is 10.8 Å². The summed E-state index contributed by atoms with van der Waals surface area (Å²) in [7, 11) is -2.79. The molecule has 0 unspecified atom stereocenters. The third-order valence-corrected chi connectivity index (χ3v) is 8.11. The Morgan fingerprint density at radius 1 is 0.914 bits per heavy atom. The maximum atomic E-state index is 12.9. The Bertz CT molecular complexity index is 1520. The Hall–Kier alpha value is -2.37. The standard InChI is InChI=1S/C22H13Cl3F3NO4S2/c1-32-14-4-2-11-6-20(34-18(11)10-14)33-21-16(24)8-13(9-17(21)25)29-35(30,31)19-5-3-12(7-15(19)23)22(26,27)28/h2-10,29H,1H3. The van der Waals surface area contributed by atoms with Gasteiger partial charge in [-0.05, 0) is 53.9 Å². The molecule has 1 N–H and O–H groups in total. The molecular formula is C22H13Cl3F3NO4S2. The average Bonchev–Trinajstić information content (AvgIpc) is 3.16. The van der Waals surface area contributed by atoms with Crippen molar-refractivity contribution in [3.8, 4) is 16.6 Å². The minimum Gasteiger partial charge on any atom is -0.497 e. The van der Waals surface area contributed by atoms with Crippen LogP contribution < -0.4 is 14.2 Å². The van der Waals surface area contributed by atoms with E-state index in [1.807, 2.05) is 18.2 Å². The summed E-state index contributed by atoms with van der Waals surface area (Å²) >= 11 is 19.7. The number of anilines is 1. The first-order valence-electron chi connectivity index (χ1n) is 9.51. The highest BCUT2D eigenvalue weighted by molar-refractivity contribution is 7.92. The van der Waals surface area contributed by atoms with Crippen molar-refractivity contribution in [1.82, 2.24) is 0 Å². The molecule has 0 saturated heterocycles. The molecule has 1 aromatic heterocycles. The molecule has 0 aliphatic carbocycles. The molecule has 4 aromatic rings. The zero-order chi connectivity index (χ0) is 25.5. The fourth-order valence-corrected chi connectivity index (χ4v) is 6.18. The van der Waals surface area contributed by atoms with Gasteiger partial charge < -0.3 is 9.47 Å². The number of fused-ring (bicyclic) bond motifs is 1. The third-order valence-electron chi connectivity index (χ3n) is 4.71. The zero-order valence-electron chi connectivity index (χ0n) is 17.4. The fourth-order valence-electron chi connectivity index (χ4n) is 3.09. The van der Waals surface area contributed by atoms with E-state index in [2.05, 4.69) is 4.72 Å². The average molecular weight is 583 g/mol. The topological polar surface area (TPSA) is 64.6 Å². The number of halogens is 6. The molecule has 3 aromatic carbocycles. The summed E-state index contributed by atoms with van der Waals surface area (Å²) in [6.45, 7) is 0. The van der Waals surface area contributed by atoms with Crippen molar-refractivity contribution in [1.29, 1.82) is 0 Å². The molecule has 35 heavy (non-hydrogen) atoms. The molecule has 4 rings (SSSR count). The smallest absolute Gasteiger partial charge is 0.416 e.